The highest BCUT2D eigenvalue weighted by Crippen LogP contribution is 2.46. The van der Waals surface area contributed by atoms with Crippen molar-refractivity contribution >= 4 is 35.1 Å². The van der Waals surface area contributed by atoms with E-state index in [-0.39, 0.29) is 28.8 Å². The zero-order chi connectivity index (χ0) is 22.0. The molecular weight excluding hydrogens is 433 g/mol. The van der Waals surface area contributed by atoms with Gasteiger partial charge in [0.15, 0.2) is 0 Å². The quantitative estimate of drug-likeness (QED) is 0.380. The van der Waals surface area contributed by atoms with Crippen molar-refractivity contribution in [1.82, 2.24) is 0 Å². The Balaban J connectivity index is 1.53. The number of halogens is 1. The number of aliphatic hydroxyl groups excluding tert-OH is 1. The van der Waals surface area contributed by atoms with Crippen molar-refractivity contribution in [3.05, 3.63) is 89.7 Å². The summed E-state index contributed by atoms with van der Waals surface area (Å²) in [6.45, 7) is 0. The number of anilines is 1. The number of phenolic OH excluding ortho intramolecular Hbond substituents is 1. The molecule has 7 heteroatoms. The van der Waals surface area contributed by atoms with Gasteiger partial charge >= 0.3 is 0 Å². The zero-order valence-electron chi connectivity index (χ0n) is 16.8. The number of aromatic hydroxyl groups is 1. The number of carbonyl (C=O) groups excluding carboxylic acids is 1. The van der Waals surface area contributed by atoms with Gasteiger partial charge in [-0.3, -0.25) is 4.79 Å². The summed E-state index contributed by atoms with van der Waals surface area (Å²) >= 11 is 3.05. The van der Waals surface area contributed by atoms with Crippen LogP contribution in [-0.2, 0) is 4.79 Å². The second-order valence-electron chi connectivity index (χ2n) is 7.26. The van der Waals surface area contributed by atoms with E-state index in [2.05, 4.69) is 0 Å². The molecule has 0 radical (unpaired) electrons. The molecule has 4 nitrogen and oxygen atoms in total. The average Bonchev–Trinajstić information content (AvgIpc) is 2.79. The monoisotopic (exact) mass is 455 g/mol. The average molecular weight is 456 g/mol. The van der Waals surface area contributed by atoms with E-state index in [0.717, 1.165) is 16.0 Å². The molecule has 3 atom stereocenters. The lowest BCUT2D eigenvalue weighted by atomic mass is 9.92. The van der Waals surface area contributed by atoms with E-state index in [1.165, 1.54) is 23.9 Å². The lowest BCUT2D eigenvalue weighted by Gasteiger charge is -2.47. The first-order valence-corrected chi connectivity index (χ1v) is 12.1. The number of thioether (sulfide) groups is 2. The second kappa shape index (κ2) is 9.34. The van der Waals surface area contributed by atoms with Crippen LogP contribution in [0.1, 0.15) is 23.3 Å². The third-order valence-corrected chi connectivity index (χ3v) is 7.39. The molecule has 0 aliphatic carbocycles. The molecule has 31 heavy (non-hydrogen) atoms. The van der Waals surface area contributed by atoms with E-state index in [4.69, 9.17) is 0 Å². The van der Waals surface area contributed by atoms with Crippen LogP contribution in [0.25, 0.3) is 0 Å². The molecule has 3 aromatic rings. The van der Waals surface area contributed by atoms with Crippen LogP contribution in [0.2, 0.25) is 0 Å². The van der Waals surface area contributed by atoms with Gasteiger partial charge in [0.25, 0.3) is 0 Å². The summed E-state index contributed by atoms with van der Waals surface area (Å²) in [6, 6.07) is 20.1. The molecule has 3 unspecified atom stereocenters. The normalized spacial score (nSPS) is 19.2. The minimum Gasteiger partial charge on any atom is -0.508 e. The topological polar surface area (TPSA) is 60.8 Å². The number of carbonyl (C=O) groups is 1. The minimum atomic E-state index is -0.686. The van der Waals surface area contributed by atoms with E-state index < -0.39 is 6.10 Å². The Morgan fingerprint density at radius 1 is 1.00 bits per heavy atom. The maximum Gasteiger partial charge on any atom is 0.243 e. The van der Waals surface area contributed by atoms with Crippen LogP contribution in [0.3, 0.4) is 0 Å². The smallest absolute Gasteiger partial charge is 0.243 e. The van der Waals surface area contributed by atoms with Crippen molar-refractivity contribution in [2.75, 3.05) is 16.9 Å². The van der Waals surface area contributed by atoms with Crippen LogP contribution in [0.4, 0.5) is 10.1 Å². The summed E-state index contributed by atoms with van der Waals surface area (Å²) in [4.78, 5) is 15.8. The van der Waals surface area contributed by atoms with Gasteiger partial charge in [-0.05, 0) is 65.9 Å². The first-order valence-electron chi connectivity index (χ1n) is 9.79. The molecule has 4 rings (SSSR count). The predicted molar refractivity (Wildman–Crippen MR) is 124 cm³/mol. The molecule has 0 aromatic heterocycles. The number of phenols is 1. The van der Waals surface area contributed by atoms with E-state index in [0.29, 0.717) is 11.4 Å². The Morgan fingerprint density at radius 2 is 1.65 bits per heavy atom. The van der Waals surface area contributed by atoms with Gasteiger partial charge in [0.1, 0.15) is 16.8 Å². The van der Waals surface area contributed by atoms with Crippen molar-refractivity contribution in [2.45, 2.75) is 22.3 Å². The molecule has 1 aliphatic heterocycles. The maximum atomic E-state index is 13.4. The summed E-state index contributed by atoms with van der Waals surface area (Å²) < 4.78 is 13.4. The van der Waals surface area contributed by atoms with Crippen LogP contribution in [-0.4, -0.2) is 33.4 Å². The second-order valence-corrected chi connectivity index (χ2v) is 9.32. The minimum absolute atomic E-state index is 0.0837. The summed E-state index contributed by atoms with van der Waals surface area (Å²) in [6.07, 6.45) is 1.31. The number of rotatable bonds is 7. The highest BCUT2D eigenvalue weighted by molar-refractivity contribution is 8.00. The molecule has 0 bridgehead atoms. The molecule has 0 saturated carbocycles. The van der Waals surface area contributed by atoms with Gasteiger partial charge in [-0.15, -0.1) is 23.5 Å². The SMILES string of the molecule is CSc1ccc(C(O)CSC2C(=O)N(c3ccc(F)cc3)C2c2ccc(O)cc2)cc1. The van der Waals surface area contributed by atoms with Gasteiger partial charge in [-0.25, -0.2) is 4.39 Å². The van der Waals surface area contributed by atoms with E-state index >= 15 is 0 Å². The molecule has 1 fully saturated rings. The highest BCUT2D eigenvalue weighted by atomic mass is 32.2. The van der Waals surface area contributed by atoms with E-state index in [1.54, 1.807) is 53.1 Å². The first kappa shape index (κ1) is 21.7. The van der Waals surface area contributed by atoms with Gasteiger partial charge in [0.05, 0.1) is 12.1 Å². The zero-order valence-corrected chi connectivity index (χ0v) is 18.4. The standard InChI is InChI=1S/C24H22FNO3S2/c1-30-20-12-4-15(5-13-20)21(28)14-31-23-22(16-2-10-19(27)11-3-16)26(24(23)29)18-8-6-17(25)7-9-18/h2-13,21-23,27-28H,14H2,1H3. The summed E-state index contributed by atoms with van der Waals surface area (Å²) in [7, 11) is 0. The molecule has 1 heterocycles. The van der Waals surface area contributed by atoms with Crippen LogP contribution in [0.5, 0.6) is 5.75 Å². The Hall–Kier alpha value is -2.48. The van der Waals surface area contributed by atoms with Crippen molar-refractivity contribution < 1.29 is 19.4 Å². The van der Waals surface area contributed by atoms with Gasteiger partial charge < -0.3 is 15.1 Å². The van der Waals surface area contributed by atoms with Crippen LogP contribution in [0, 0.1) is 5.82 Å². The Morgan fingerprint density at radius 3 is 2.26 bits per heavy atom. The van der Waals surface area contributed by atoms with Crippen LogP contribution in [0.15, 0.2) is 77.7 Å². The highest BCUT2D eigenvalue weighted by Gasteiger charge is 2.49. The van der Waals surface area contributed by atoms with Gasteiger partial charge in [-0.1, -0.05) is 24.3 Å². The fourth-order valence-electron chi connectivity index (χ4n) is 3.63. The summed E-state index contributed by atoms with van der Waals surface area (Å²) in [5, 5.41) is 19.9. The number of benzene rings is 3. The largest absolute Gasteiger partial charge is 0.508 e. The Kier molecular flexibility index (Phi) is 6.55. The number of aliphatic hydroxyl groups is 1. The number of amides is 1. The lowest BCUT2D eigenvalue weighted by molar-refractivity contribution is -0.123. The fraction of sp³-hybridized carbons (Fsp3) is 0.208. The van der Waals surface area contributed by atoms with Crippen molar-refractivity contribution in [2.24, 2.45) is 0 Å². The molecule has 2 N–H and O–H groups in total. The Labute approximate surface area is 189 Å². The summed E-state index contributed by atoms with van der Waals surface area (Å²) in [5.74, 6) is 0.0797. The van der Waals surface area contributed by atoms with Gasteiger partial charge in [-0.2, -0.15) is 0 Å². The third-order valence-electron chi connectivity index (χ3n) is 5.32. The van der Waals surface area contributed by atoms with E-state index in [9.17, 15) is 19.4 Å². The molecule has 1 saturated heterocycles. The molecule has 0 spiro atoms. The predicted octanol–water partition coefficient (Wildman–Crippen LogP) is 5.18. The number of nitrogens with zero attached hydrogens (tertiary/aromatic N) is 1. The molecule has 160 valence electrons. The van der Waals surface area contributed by atoms with Crippen LogP contribution >= 0.6 is 23.5 Å². The molecule has 1 amide bonds. The third kappa shape index (κ3) is 4.59. The van der Waals surface area contributed by atoms with Gasteiger partial charge in [0.2, 0.25) is 5.91 Å². The van der Waals surface area contributed by atoms with Crippen molar-refractivity contribution in [1.29, 1.82) is 0 Å². The van der Waals surface area contributed by atoms with E-state index in [1.807, 2.05) is 30.5 Å². The van der Waals surface area contributed by atoms with Crippen LogP contribution < -0.4 is 4.90 Å². The molecular formula is C24H22FNO3S2. The number of β-lactam (4-membered cyclic amide) rings is 1. The number of hydrogen-bond donors (Lipinski definition) is 2. The van der Waals surface area contributed by atoms with Crippen molar-refractivity contribution in [3.8, 4) is 5.75 Å². The first-order chi connectivity index (χ1) is 15.0. The molecule has 3 aromatic carbocycles. The fourth-order valence-corrected chi connectivity index (χ4v) is 5.33. The maximum absolute atomic E-state index is 13.4. The van der Waals surface area contributed by atoms with Crippen molar-refractivity contribution in [3.63, 3.8) is 0 Å². The Bertz CT molecular complexity index is 1040. The number of hydrogen-bond acceptors (Lipinski definition) is 5. The molecule has 1 aliphatic rings. The van der Waals surface area contributed by atoms with Gasteiger partial charge in [0, 0.05) is 16.3 Å². The lowest BCUT2D eigenvalue weighted by Crippen LogP contribution is -2.57. The summed E-state index contributed by atoms with van der Waals surface area (Å²) in [5.41, 5.74) is 2.31.